The fourth-order valence-electron chi connectivity index (χ4n) is 2.41. The molecule has 1 aromatic carbocycles. The van der Waals surface area contributed by atoms with Gasteiger partial charge in [-0.2, -0.15) is 0 Å². The first-order valence-corrected chi connectivity index (χ1v) is 7.51. The first kappa shape index (κ1) is 16.0. The summed E-state index contributed by atoms with van der Waals surface area (Å²) >= 11 is 0. The lowest BCUT2D eigenvalue weighted by molar-refractivity contribution is 0.504. The molecular formula is C17H30N2. The Morgan fingerprint density at radius 3 is 2.16 bits per heavy atom. The van der Waals surface area contributed by atoms with E-state index in [2.05, 4.69) is 63.9 Å². The zero-order chi connectivity index (χ0) is 14.4. The fourth-order valence-corrected chi connectivity index (χ4v) is 2.41. The van der Waals surface area contributed by atoms with Gasteiger partial charge in [-0.3, -0.25) is 0 Å². The van der Waals surface area contributed by atoms with E-state index in [-0.39, 0.29) is 6.04 Å². The molecule has 0 amide bonds. The topological polar surface area (TPSA) is 29.3 Å². The average molecular weight is 262 g/mol. The molecule has 0 saturated heterocycles. The molecule has 0 heterocycles. The van der Waals surface area contributed by atoms with E-state index in [1.165, 1.54) is 17.7 Å². The Balaban J connectivity index is 2.64. The Kier molecular flexibility index (Phi) is 6.36. The molecule has 0 aliphatic heterocycles. The Bertz CT molecular complexity index is 356. The Labute approximate surface area is 119 Å². The van der Waals surface area contributed by atoms with Crippen LogP contribution in [0.1, 0.15) is 46.1 Å². The molecule has 2 atom stereocenters. The largest absolute Gasteiger partial charge is 0.372 e. The highest BCUT2D eigenvalue weighted by atomic mass is 15.1. The molecule has 0 spiro atoms. The highest BCUT2D eigenvalue weighted by Gasteiger charge is 2.11. The maximum Gasteiger partial charge on any atom is 0.0366 e. The smallest absolute Gasteiger partial charge is 0.0366 e. The Hall–Kier alpha value is -1.02. The van der Waals surface area contributed by atoms with Crippen LogP contribution in [-0.2, 0) is 6.42 Å². The van der Waals surface area contributed by atoms with Crippen LogP contribution in [-0.4, -0.2) is 19.1 Å². The minimum Gasteiger partial charge on any atom is -0.372 e. The number of rotatable bonds is 7. The van der Waals surface area contributed by atoms with Crippen LogP contribution in [0.25, 0.3) is 0 Å². The van der Waals surface area contributed by atoms with Crippen LogP contribution in [0.2, 0.25) is 0 Å². The molecule has 108 valence electrons. The second kappa shape index (κ2) is 7.54. The molecule has 2 nitrogen and oxygen atoms in total. The predicted molar refractivity (Wildman–Crippen MR) is 85.7 cm³/mol. The number of nitrogens with two attached hydrogens (primary N) is 1. The number of benzene rings is 1. The van der Waals surface area contributed by atoms with Crippen molar-refractivity contribution < 1.29 is 0 Å². The summed E-state index contributed by atoms with van der Waals surface area (Å²) in [6.45, 7) is 8.99. The number of hydrogen-bond acceptors (Lipinski definition) is 2. The molecule has 0 saturated carbocycles. The number of nitrogens with zero attached hydrogens (tertiary/aromatic N) is 1. The number of anilines is 1. The van der Waals surface area contributed by atoms with Crippen LogP contribution in [0.3, 0.4) is 0 Å². The maximum atomic E-state index is 6.00. The summed E-state index contributed by atoms with van der Waals surface area (Å²) in [7, 11) is 2.18. The summed E-state index contributed by atoms with van der Waals surface area (Å²) in [6.07, 6.45) is 3.23. The molecule has 2 unspecified atom stereocenters. The Morgan fingerprint density at radius 2 is 1.68 bits per heavy atom. The van der Waals surface area contributed by atoms with E-state index in [0.717, 1.165) is 18.8 Å². The quantitative estimate of drug-likeness (QED) is 0.809. The molecule has 0 aliphatic rings. The van der Waals surface area contributed by atoms with Gasteiger partial charge in [0.05, 0.1) is 0 Å². The van der Waals surface area contributed by atoms with E-state index in [4.69, 9.17) is 5.73 Å². The highest BCUT2D eigenvalue weighted by molar-refractivity contribution is 5.47. The normalized spacial score (nSPS) is 14.5. The van der Waals surface area contributed by atoms with Crippen molar-refractivity contribution in [2.45, 2.75) is 59.0 Å². The van der Waals surface area contributed by atoms with Gasteiger partial charge < -0.3 is 10.6 Å². The molecule has 0 aliphatic carbocycles. The van der Waals surface area contributed by atoms with Crippen molar-refractivity contribution in [3.05, 3.63) is 29.8 Å². The van der Waals surface area contributed by atoms with Gasteiger partial charge in [0.15, 0.2) is 0 Å². The van der Waals surface area contributed by atoms with Crippen LogP contribution in [0, 0.1) is 5.92 Å². The molecule has 0 aromatic heterocycles. The summed E-state index contributed by atoms with van der Waals surface area (Å²) in [5, 5.41) is 0. The first-order valence-electron chi connectivity index (χ1n) is 7.51. The van der Waals surface area contributed by atoms with Gasteiger partial charge >= 0.3 is 0 Å². The summed E-state index contributed by atoms with van der Waals surface area (Å²) in [6, 6.07) is 9.71. The van der Waals surface area contributed by atoms with Gasteiger partial charge in [-0.05, 0) is 49.8 Å². The minimum absolute atomic E-state index is 0.281. The zero-order valence-corrected chi connectivity index (χ0v) is 13.2. The van der Waals surface area contributed by atoms with Crippen molar-refractivity contribution in [1.29, 1.82) is 0 Å². The molecule has 0 bridgehead atoms. The summed E-state index contributed by atoms with van der Waals surface area (Å²) in [4.78, 5) is 2.36. The van der Waals surface area contributed by atoms with Crippen molar-refractivity contribution in [3.63, 3.8) is 0 Å². The van der Waals surface area contributed by atoms with E-state index in [1.807, 2.05) is 0 Å². The van der Waals surface area contributed by atoms with Crippen molar-refractivity contribution >= 4 is 5.69 Å². The summed E-state index contributed by atoms with van der Waals surface area (Å²) in [5.74, 6) is 0.735. The molecule has 2 N–H and O–H groups in total. The lowest BCUT2D eigenvalue weighted by Gasteiger charge is -2.28. The van der Waals surface area contributed by atoms with Crippen LogP contribution < -0.4 is 10.6 Å². The molecule has 0 radical (unpaired) electrons. The zero-order valence-electron chi connectivity index (χ0n) is 13.2. The Morgan fingerprint density at radius 1 is 1.11 bits per heavy atom. The lowest BCUT2D eigenvalue weighted by Crippen LogP contribution is -2.30. The molecule has 19 heavy (non-hydrogen) atoms. The molecular weight excluding hydrogens is 232 g/mol. The van der Waals surface area contributed by atoms with Gasteiger partial charge in [0.1, 0.15) is 0 Å². The predicted octanol–water partition coefficient (Wildman–Crippen LogP) is 3.84. The minimum atomic E-state index is 0.281. The van der Waals surface area contributed by atoms with E-state index in [0.29, 0.717) is 6.04 Å². The van der Waals surface area contributed by atoms with Crippen LogP contribution in [0.15, 0.2) is 24.3 Å². The van der Waals surface area contributed by atoms with Gasteiger partial charge in [-0.1, -0.05) is 32.9 Å². The third kappa shape index (κ3) is 5.23. The van der Waals surface area contributed by atoms with Gasteiger partial charge in [-0.25, -0.2) is 0 Å². The van der Waals surface area contributed by atoms with E-state index < -0.39 is 0 Å². The third-order valence-corrected chi connectivity index (χ3v) is 3.84. The fraction of sp³-hybridized carbons (Fsp3) is 0.647. The van der Waals surface area contributed by atoms with E-state index in [1.54, 1.807) is 0 Å². The molecule has 1 aromatic rings. The van der Waals surface area contributed by atoms with Gasteiger partial charge in [0, 0.05) is 24.8 Å². The summed E-state index contributed by atoms with van der Waals surface area (Å²) in [5.41, 5.74) is 8.63. The monoisotopic (exact) mass is 262 g/mol. The van der Waals surface area contributed by atoms with Gasteiger partial charge in [0.25, 0.3) is 0 Å². The van der Waals surface area contributed by atoms with Crippen molar-refractivity contribution in [2.24, 2.45) is 11.7 Å². The van der Waals surface area contributed by atoms with Crippen LogP contribution >= 0.6 is 0 Å². The second-order valence-corrected chi connectivity index (χ2v) is 6.13. The molecule has 1 rings (SSSR count). The first-order chi connectivity index (χ1) is 8.93. The maximum absolute atomic E-state index is 6.00. The van der Waals surface area contributed by atoms with Crippen LogP contribution in [0.5, 0.6) is 0 Å². The second-order valence-electron chi connectivity index (χ2n) is 6.13. The van der Waals surface area contributed by atoms with E-state index >= 15 is 0 Å². The van der Waals surface area contributed by atoms with E-state index in [9.17, 15) is 0 Å². The molecule has 0 fully saturated rings. The van der Waals surface area contributed by atoms with Crippen molar-refractivity contribution in [1.82, 2.24) is 0 Å². The molecule has 2 heteroatoms. The third-order valence-electron chi connectivity index (χ3n) is 3.84. The lowest BCUT2D eigenvalue weighted by atomic mass is 10.0. The van der Waals surface area contributed by atoms with Crippen molar-refractivity contribution in [3.8, 4) is 0 Å². The van der Waals surface area contributed by atoms with Crippen LogP contribution in [0.4, 0.5) is 5.69 Å². The number of hydrogen-bond donors (Lipinski definition) is 1. The average Bonchev–Trinajstić information content (AvgIpc) is 2.37. The van der Waals surface area contributed by atoms with Crippen molar-refractivity contribution in [2.75, 3.05) is 11.9 Å². The summed E-state index contributed by atoms with van der Waals surface area (Å²) < 4.78 is 0. The van der Waals surface area contributed by atoms with Gasteiger partial charge in [-0.15, -0.1) is 0 Å². The highest BCUT2D eigenvalue weighted by Crippen LogP contribution is 2.20. The SMILES string of the molecule is CCC(N)Cc1ccc(N(C)C(C)CC(C)C)cc1. The van der Waals surface area contributed by atoms with Gasteiger partial charge in [0.2, 0.25) is 0 Å². The standard InChI is InChI=1S/C17H30N2/c1-6-16(18)12-15-7-9-17(10-8-15)19(5)14(4)11-13(2)3/h7-10,13-14,16H,6,11-12,18H2,1-5H3.